The second kappa shape index (κ2) is 9.72. The zero-order valence-electron chi connectivity index (χ0n) is 20.2. The summed E-state index contributed by atoms with van der Waals surface area (Å²) < 4.78 is 26.0. The van der Waals surface area contributed by atoms with Crippen LogP contribution in [0.2, 0.25) is 0 Å². The zero-order chi connectivity index (χ0) is 25.4. The number of aliphatic carboxylic acids is 1. The molecule has 1 aliphatic carbocycles. The summed E-state index contributed by atoms with van der Waals surface area (Å²) in [6.45, 7) is 1.78. The van der Waals surface area contributed by atoms with Crippen molar-refractivity contribution in [2.24, 2.45) is 11.8 Å². The summed E-state index contributed by atoms with van der Waals surface area (Å²) in [7, 11) is 1.45. The SMILES string of the molecule is COc1cc(-c2ccc(C3CCc4ccc(C(C5CC5)C(C)C(=O)O)cc4O3)cc2C=O)c(F)cn1. The molecule has 3 atom stereocenters. The lowest BCUT2D eigenvalue weighted by Crippen LogP contribution is -2.21. The molecule has 2 heterocycles. The number of nitrogens with zero attached hydrogens (tertiary/aromatic N) is 1. The molecular weight excluding hydrogens is 461 g/mol. The number of pyridine rings is 1. The fourth-order valence-electron chi connectivity index (χ4n) is 5.27. The van der Waals surface area contributed by atoms with Crippen LogP contribution in [0.3, 0.4) is 0 Å². The van der Waals surface area contributed by atoms with Crippen LogP contribution in [0.5, 0.6) is 11.6 Å². The first kappa shape index (κ1) is 24.0. The molecule has 1 saturated carbocycles. The predicted octanol–water partition coefficient (Wildman–Crippen LogP) is 5.99. The molecule has 0 bridgehead atoms. The summed E-state index contributed by atoms with van der Waals surface area (Å²) in [5, 5.41) is 9.63. The minimum atomic E-state index is -0.784. The zero-order valence-corrected chi connectivity index (χ0v) is 20.2. The average Bonchev–Trinajstić information content (AvgIpc) is 3.73. The summed E-state index contributed by atoms with van der Waals surface area (Å²) in [6, 6.07) is 12.9. The minimum absolute atomic E-state index is 0.0371. The monoisotopic (exact) mass is 489 g/mol. The van der Waals surface area contributed by atoms with Gasteiger partial charge >= 0.3 is 5.97 Å². The fourth-order valence-corrected chi connectivity index (χ4v) is 5.27. The molecule has 1 aliphatic heterocycles. The van der Waals surface area contributed by atoms with Gasteiger partial charge in [0.1, 0.15) is 17.7 Å². The van der Waals surface area contributed by atoms with Crippen molar-refractivity contribution in [3.63, 3.8) is 0 Å². The van der Waals surface area contributed by atoms with Crippen LogP contribution in [0, 0.1) is 17.7 Å². The standard InChI is InChI=1S/C29H28FNO5/c1-16(29(33)34)28(18-4-5-18)20-6-3-17-8-10-25(36-26(17)12-20)19-7-9-22(21(11-19)15-32)23-13-27(35-2)31-14-24(23)30/h3,6-7,9,11-16,18,25,28H,4-5,8,10H2,1-2H3,(H,33,34). The Hall–Kier alpha value is -3.74. The number of aromatic nitrogens is 1. The Morgan fingerprint density at radius 1 is 1.17 bits per heavy atom. The van der Waals surface area contributed by atoms with Gasteiger partial charge in [-0.15, -0.1) is 0 Å². The van der Waals surface area contributed by atoms with Gasteiger partial charge in [-0.2, -0.15) is 0 Å². The number of ether oxygens (including phenoxy) is 2. The molecule has 7 heteroatoms. The molecule has 1 N–H and O–H groups in total. The average molecular weight is 490 g/mol. The van der Waals surface area contributed by atoms with Gasteiger partial charge in [-0.25, -0.2) is 9.37 Å². The second-order valence-corrected chi connectivity index (χ2v) is 9.67. The van der Waals surface area contributed by atoms with E-state index < -0.39 is 17.7 Å². The molecule has 5 rings (SSSR count). The smallest absolute Gasteiger partial charge is 0.306 e. The van der Waals surface area contributed by atoms with Crippen molar-refractivity contribution in [3.05, 3.63) is 76.7 Å². The highest BCUT2D eigenvalue weighted by Crippen LogP contribution is 2.48. The molecule has 6 nitrogen and oxygen atoms in total. The Morgan fingerprint density at radius 3 is 2.67 bits per heavy atom. The fraction of sp³-hybridized carbons (Fsp3) is 0.345. The van der Waals surface area contributed by atoms with E-state index in [1.165, 1.54) is 13.2 Å². The molecule has 3 unspecified atom stereocenters. The van der Waals surface area contributed by atoms with E-state index in [0.29, 0.717) is 23.3 Å². The largest absolute Gasteiger partial charge is 0.485 e. The number of hydrogen-bond acceptors (Lipinski definition) is 5. The third kappa shape index (κ3) is 4.57. The number of methoxy groups -OCH3 is 1. The van der Waals surface area contributed by atoms with Gasteiger partial charge in [0, 0.05) is 17.2 Å². The van der Waals surface area contributed by atoms with Gasteiger partial charge in [-0.1, -0.05) is 31.2 Å². The van der Waals surface area contributed by atoms with Crippen LogP contribution in [0.25, 0.3) is 11.1 Å². The summed E-state index contributed by atoms with van der Waals surface area (Å²) in [4.78, 5) is 27.5. The van der Waals surface area contributed by atoms with Crippen molar-refractivity contribution in [2.75, 3.05) is 7.11 Å². The molecule has 0 spiro atoms. The summed E-state index contributed by atoms with van der Waals surface area (Å²) in [5.41, 5.74) is 3.97. The molecular formula is C29H28FNO5. The van der Waals surface area contributed by atoms with Crippen LogP contribution in [-0.4, -0.2) is 29.5 Å². The number of benzene rings is 2. The number of rotatable bonds is 8. The Balaban J connectivity index is 1.44. The second-order valence-electron chi connectivity index (χ2n) is 9.67. The lowest BCUT2D eigenvalue weighted by molar-refractivity contribution is -0.142. The predicted molar refractivity (Wildman–Crippen MR) is 132 cm³/mol. The number of carbonyl (C=O) groups excluding carboxylic acids is 1. The first-order valence-electron chi connectivity index (χ1n) is 12.2. The number of hydrogen-bond donors (Lipinski definition) is 1. The first-order chi connectivity index (χ1) is 17.4. The van der Waals surface area contributed by atoms with Gasteiger partial charge in [-0.05, 0) is 71.9 Å². The van der Waals surface area contributed by atoms with Crippen molar-refractivity contribution in [2.45, 2.75) is 44.6 Å². The maximum absolute atomic E-state index is 14.5. The lowest BCUT2D eigenvalue weighted by Gasteiger charge is -2.29. The first-order valence-corrected chi connectivity index (χ1v) is 12.2. The van der Waals surface area contributed by atoms with Gasteiger partial charge < -0.3 is 14.6 Å². The Kier molecular flexibility index (Phi) is 6.48. The van der Waals surface area contributed by atoms with Crippen molar-refractivity contribution in [3.8, 4) is 22.8 Å². The maximum Gasteiger partial charge on any atom is 0.306 e. The van der Waals surface area contributed by atoms with Crippen LogP contribution in [-0.2, 0) is 11.2 Å². The van der Waals surface area contributed by atoms with Crippen molar-refractivity contribution < 1.29 is 28.6 Å². The molecule has 1 fully saturated rings. The van der Waals surface area contributed by atoms with E-state index in [4.69, 9.17) is 9.47 Å². The van der Waals surface area contributed by atoms with Gasteiger partial charge in [0.25, 0.3) is 0 Å². The molecule has 0 amide bonds. The van der Waals surface area contributed by atoms with Crippen molar-refractivity contribution in [1.82, 2.24) is 4.98 Å². The van der Waals surface area contributed by atoms with Gasteiger partial charge in [0.05, 0.1) is 19.2 Å². The van der Waals surface area contributed by atoms with Crippen LogP contribution in [0.1, 0.15) is 65.3 Å². The number of aryl methyl sites for hydroxylation is 1. The number of halogens is 1. The Bertz CT molecular complexity index is 1320. The lowest BCUT2D eigenvalue weighted by atomic mass is 9.82. The summed E-state index contributed by atoms with van der Waals surface area (Å²) in [6.07, 6.45) is 5.16. The number of fused-ring (bicyclic) bond motifs is 1. The van der Waals surface area contributed by atoms with Crippen LogP contribution >= 0.6 is 0 Å². The number of aldehydes is 1. The normalized spacial score (nSPS) is 18.5. The molecule has 0 radical (unpaired) electrons. The molecule has 0 saturated heterocycles. The highest BCUT2D eigenvalue weighted by Gasteiger charge is 2.39. The number of carbonyl (C=O) groups is 2. The molecule has 2 aliphatic rings. The van der Waals surface area contributed by atoms with Crippen molar-refractivity contribution in [1.29, 1.82) is 0 Å². The quantitative estimate of drug-likeness (QED) is 0.391. The van der Waals surface area contributed by atoms with Gasteiger partial charge in [0.15, 0.2) is 6.29 Å². The highest BCUT2D eigenvalue weighted by molar-refractivity contribution is 5.88. The number of carboxylic acid groups (broad SMARTS) is 1. The number of carboxylic acids is 1. The molecule has 2 aromatic carbocycles. The molecule has 1 aromatic heterocycles. The van der Waals surface area contributed by atoms with Crippen LogP contribution < -0.4 is 9.47 Å². The van der Waals surface area contributed by atoms with E-state index >= 15 is 0 Å². The molecule has 3 aromatic rings. The maximum atomic E-state index is 14.5. The van der Waals surface area contributed by atoms with E-state index in [9.17, 15) is 19.1 Å². The molecule has 186 valence electrons. The Morgan fingerprint density at radius 2 is 1.97 bits per heavy atom. The summed E-state index contributed by atoms with van der Waals surface area (Å²) >= 11 is 0. The summed E-state index contributed by atoms with van der Waals surface area (Å²) in [5.74, 6) is -0.417. The highest BCUT2D eigenvalue weighted by atomic mass is 19.1. The Labute approximate surface area is 209 Å². The van der Waals surface area contributed by atoms with E-state index in [2.05, 4.69) is 4.98 Å². The van der Waals surface area contributed by atoms with Gasteiger partial charge in [-0.3, -0.25) is 9.59 Å². The van der Waals surface area contributed by atoms with E-state index in [1.54, 1.807) is 19.1 Å². The third-order valence-electron chi connectivity index (χ3n) is 7.38. The third-order valence-corrected chi connectivity index (χ3v) is 7.38. The van der Waals surface area contributed by atoms with Crippen LogP contribution in [0.15, 0.2) is 48.7 Å². The van der Waals surface area contributed by atoms with Crippen molar-refractivity contribution >= 4 is 12.3 Å². The van der Waals surface area contributed by atoms with E-state index in [1.807, 2.05) is 24.3 Å². The minimum Gasteiger partial charge on any atom is -0.485 e. The van der Waals surface area contributed by atoms with Gasteiger partial charge in [0.2, 0.25) is 5.88 Å². The van der Waals surface area contributed by atoms with E-state index in [0.717, 1.165) is 54.3 Å². The molecule has 36 heavy (non-hydrogen) atoms. The van der Waals surface area contributed by atoms with Crippen LogP contribution in [0.4, 0.5) is 4.39 Å². The topological polar surface area (TPSA) is 85.7 Å². The van der Waals surface area contributed by atoms with E-state index in [-0.39, 0.29) is 23.5 Å².